The van der Waals surface area contributed by atoms with E-state index in [0.717, 1.165) is 10.9 Å². The average molecular weight is 324 g/mol. The predicted octanol–water partition coefficient (Wildman–Crippen LogP) is 2.97. The molecule has 0 saturated carbocycles. The molecule has 5 nitrogen and oxygen atoms in total. The lowest BCUT2D eigenvalue weighted by molar-refractivity contribution is 0.0600. The first-order chi connectivity index (χ1) is 11.5. The maximum absolute atomic E-state index is 11.5. The highest BCUT2D eigenvalue weighted by molar-refractivity contribution is 5.89. The molecular weight excluding hydrogens is 308 g/mol. The van der Waals surface area contributed by atoms with Crippen molar-refractivity contribution in [2.45, 2.75) is 13.0 Å². The number of fused-ring (bicyclic) bond motifs is 1. The van der Waals surface area contributed by atoms with E-state index >= 15 is 0 Å². The van der Waals surface area contributed by atoms with Gasteiger partial charge in [-0.05, 0) is 41.8 Å². The van der Waals surface area contributed by atoms with Crippen molar-refractivity contribution in [1.29, 1.82) is 0 Å². The number of esters is 1. The average Bonchev–Trinajstić information content (AvgIpc) is 2.59. The third-order valence-electron chi connectivity index (χ3n) is 3.94. The number of aryl methyl sites for hydroxylation is 1. The van der Waals surface area contributed by atoms with Crippen molar-refractivity contribution in [2.75, 3.05) is 7.11 Å². The molecule has 0 amide bonds. The first kappa shape index (κ1) is 16.0. The van der Waals surface area contributed by atoms with E-state index < -0.39 is 17.7 Å². The van der Waals surface area contributed by atoms with Crippen LogP contribution >= 0.6 is 0 Å². The van der Waals surface area contributed by atoms with Crippen molar-refractivity contribution in [2.24, 2.45) is 0 Å². The summed E-state index contributed by atoms with van der Waals surface area (Å²) in [6.07, 6.45) is -0.896. The molecule has 1 N–H and O–H groups in total. The van der Waals surface area contributed by atoms with Gasteiger partial charge in [0.2, 0.25) is 0 Å². The van der Waals surface area contributed by atoms with Crippen LogP contribution in [0.2, 0.25) is 0 Å². The minimum Gasteiger partial charge on any atom is -0.465 e. The first-order valence-corrected chi connectivity index (χ1v) is 7.40. The molecule has 1 atom stereocenters. The Morgan fingerprint density at radius 2 is 1.75 bits per heavy atom. The number of aliphatic hydroxyl groups excluding tert-OH is 1. The van der Waals surface area contributed by atoms with E-state index in [9.17, 15) is 14.7 Å². The third-order valence-corrected chi connectivity index (χ3v) is 3.94. The third kappa shape index (κ3) is 2.94. The maximum Gasteiger partial charge on any atom is 0.337 e. The number of rotatable bonds is 3. The molecular formula is C19H16O5. The Balaban J connectivity index is 1.97. The Morgan fingerprint density at radius 1 is 1.08 bits per heavy atom. The fourth-order valence-corrected chi connectivity index (χ4v) is 2.62. The molecule has 24 heavy (non-hydrogen) atoms. The van der Waals surface area contributed by atoms with Crippen molar-refractivity contribution in [3.05, 3.63) is 81.2 Å². The monoisotopic (exact) mass is 324 g/mol. The number of aliphatic hydroxyl groups is 1. The molecule has 5 heteroatoms. The van der Waals surface area contributed by atoms with Crippen LogP contribution in [0.4, 0.5) is 0 Å². The van der Waals surface area contributed by atoms with Crippen molar-refractivity contribution in [3.8, 4) is 0 Å². The van der Waals surface area contributed by atoms with Gasteiger partial charge in [0.05, 0.1) is 12.7 Å². The summed E-state index contributed by atoms with van der Waals surface area (Å²) in [5, 5.41) is 11.4. The van der Waals surface area contributed by atoms with Crippen LogP contribution in [-0.4, -0.2) is 18.2 Å². The van der Waals surface area contributed by atoms with Crippen LogP contribution in [0.25, 0.3) is 11.0 Å². The van der Waals surface area contributed by atoms with Gasteiger partial charge in [-0.2, -0.15) is 0 Å². The molecule has 0 radical (unpaired) electrons. The van der Waals surface area contributed by atoms with Crippen LogP contribution in [0.1, 0.15) is 33.2 Å². The van der Waals surface area contributed by atoms with Gasteiger partial charge in [-0.15, -0.1) is 0 Å². The van der Waals surface area contributed by atoms with E-state index in [1.807, 2.05) is 13.0 Å². The number of hydrogen-bond donors (Lipinski definition) is 1. The molecule has 1 aromatic heterocycles. The van der Waals surface area contributed by atoms with E-state index in [4.69, 9.17) is 4.42 Å². The van der Waals surface area contributed by atoms with Crippen molar-refractivity contribution in [1.82, 2.24) is 0 Å². The summed E-state index contributed by atoms with van der Waals surface area (Å²) in [6, 6.07) is 13.2. The molecule has 0 fully saturated rings. The molecule has 0 aliphatic heterocycles. The minimum atomic E-state index is -0.896. The van der Waals surface area contributed by atoms with Gasteiger partial charge in [-0.1, -0.05) is 24.3 Å². The normalized spacial score (nSPS) is 12.1. The van der Waals surface area contributed by atoms with Gasteiger partial charge in [-0.3, -0.25) is 0 Å². The number of ether oxygens (including phenoxy) is 1. The lowest BCUT2D eigenvalue weighted by Crippen LogP contribution is -2.04. The summed E-state index contributed by atoms with van der Waals surface area (Å²) >= 11 is 0. The fraction of sp³-hybridized carbons (Fsp3) is 0.158. The lowest BCUT2D eigenvalue weighted by Gasteiger charge is -2.13. The van der Waals surface area contributed by atoms with Crippen LogP contribution in [0, 0.1) is 6.92 Å². The minimum absolute atomic E-state index is 0.411. The number of carbonyl (C=O) groups is 1. The van der Waals surface area contributed by atoms with E-state index in [-0.39, 0.29) is 0 Å². The highest BCUT2D eigenvalue weighted by atomic mass is 16.5. The summed E-state index contributed by atoms with van der Waals surface area (Å²) in [6.45, 7) is 1.83. The zero-order valence-corrected chi connectivity index (χ0v) is 13.3. The van der Waals surface area contributed by atoms with Crippen LogP contribution in [0.15, 0.2) is 57.7 Å². The smallest absolute Gasteiger partial charge is 0.337 e. The van der Waals surface area contributed by atoms with Crippen molar-refractivity contribution in [3.63, 3.8) is 0 Å². The zero-order chi connectivity index (χ0) is 17.3. The number of benzene rings is 2. The van der Waals surface area contributed by atoms with Crippen LogP contribution in [-0.2, 0) is 4.74 Å². The van der Waals surface area contributed by atoms with E-state index in [1.54, 1.807) is 36.4 Å². The van der Waals surface area contributed by atoms with E-state index in [0.29, 0.717) is 22.3 Å². The Bertz CT molecular complexity index is 954. The molecule has 2 aromatic carbocycles. The number of hydrogen-bond acceptors (Lipinski definition) is 5. The van der Waals surface area contributed by atoms with Crippen molar-refractivity contribution < 1.29 is 19.1 Å². The highest BCUT2D eigenvalue weighted by Crippen LogP contribution is 2.26. The van der Waals surface area contributed by atoms with Gasteiger partial charge in [0, 0.05) is 11.5 Å². The van der Waals surface area contributed by atoms with Gasteiger partial charge < -0.3 is 14.3 Å². The quantitative estimate of drug-likeness (QED) is 0.592. The Labute approximate surface area is 138 Å². The Morgan fingerprint density at radius 3 is 2.42 bits per heavy atom. The van der Waals surface area contributed by atoms with Crippen LogP contribution in [0.3, 0.4) is 0 Å². The highest BCUT2D eigenvalue weighted by Gasteiger charge is 2.14. The van der Waals surface area contributed by atoms with E-state index in [2.05, 4.69) is 4.74 Å². The molecule has 0 aliphatic rings. The maximum atomic E-state index is 11.5. The van der Waals surface area contributed by atoms with Gasteiger partial charge in [0.25, 0.3) is 0 Å². The fourth-order valence-electron chi connectivity index (χ4n) is 2.62. The van der Waals surface area contributed by atoms with Gasteiger partial charge in [0.1, 0.15) is 11.7 Å². The van der Waals surface area contributed by atoms with Crippen molar-refractivity contribution >= 4 is 16.9 Å². The predicted molar refractivity (Wildman–Crippen MR) is 89.1 cm³/mol. The zero-order valence-electron chi connectivity index (χ0n) is 13.3. The SMILES string of the molecule is COC(=O)c1ccc(C(O)c2ccc3c(C)cc(=O)oc3c2)cc1. The standard InChI is InChI=1S/C19H16O5/c1-11-9-17(20)24-16-10-14(7-8-15(11)16)18(21)12-3-5-13(6-4-12)19(22)23-2/h3-10,18,21H,1-2H3. The molecule has 0 aliphatic carbocycles. The lowest BCUT2D eigenvalue weighted by atomic mass is 9.99. The summed E-state index contributed by atoms with van der Waals surface area (Å²) in [7, 11) is 1.32. The molecule has 3 rings (SSSR count). The van der Waals surface area contributed by atoms with E-state index in [1.165, 1.54) is 13.2 Å². The largest absolute Gasteiger partial charge is 0.465 e. The van der Waals surface area contributed by atoms with Gasteiger partial charge in [0.15, 0.2) is 0 Å². The second kappa shape index (κ2) is 6.29. The summed E-state index contributed by atoms with van der Waals surface area (Å²) in [5.74, 6) is -0.431. The molecule has 1 heterocycles. The molecule has 0 saturated heterocycles. The Hall–Kier alpha value is -2.92. The molecule has 3 aromatic rings. The number of methoxy groups -OCH3 is 1. The first-order valence-electron chi connectivity index (χ1n) is 7.40. The molecule has 0 bridgehead atoms. The summed E-state index contributed by atoms with van der Waals surface area (Å²) in [5.41, 5.74) is 2.47. The van der Waals surface area contributed by atoms with Crippen LogP contribution < -0.4 is 5.63 Å². The number of carbonyl (C=O) groups excluding carboxylic acids is 1. The Kier molecular flexibility index (Phi) is 4.18. The molecule has 0 spiro atoms. The second-order valence-electron chi connectivity index (χ2n) is 5.52. The molecule has 122 valence electrons. The topological polar surface area (TPSA) is 76.7 Å². The van der Waals surface area contributed by atoms with Gasteiger partial charge >= 0.3 is 11.6 Å². The summed E-state index contributed by atoms with van der Waals surface area (Å²) in [4.78, 5) is 23.0. The van der Waals surface area contributed by atoms with Gasteiger partial charge in [-0.25, -0.2) is 9.59 Å². The molecule has 1 unspecified atom stereocenters. The van der Waals surface area contributed by atoms with Crippen LogP contribution in [0.5, 0.6) is 0 Å². The summed E-state index contributed by atoms with van der Waals surface area (Å²) < 4.78 is 9.85. The second-order valence-corrected chi connectivity index (χ2v) is 5.52.